The van der Waals surface area contributed by atoms with Crippen molar-refractivity contribution in [1.82, 2.24) is 9.97 Å². The van der Waals surface area contributed by atoms with Gasteiger partial charge in [-0.25, -0.2) is 9.37 Å². The summed E-state index contributed by atoms with van der Waals surface area (Å²) < 4.78 is 18.1. The molecule has 0 aliphatic heterocycles. The van der Waals surface area contributed by atoms with Gasteiger partial charge < -0.3 is 9.72 Å². The van der Waals surface area contributed by atoms with Gasteiger partial charge in [0.05, 0.1) is 12.3 Å². The summed E-state index contributed by atoms with van der Waals surface area (Å²) in [6, 6.07) is 5.96. The average Bonchev–Trinajstić information content (AvgIpc) is 2.32. The van der Waals surface area contributed by atoms with Crippen LogP contribution in [0.25, 0.3) is 11.4 Å². The summed E-state index contributed by atoms with van der Waals surface area (Å²) in [6.07, 6.45) is 0. The first-order chi connectivity index (χ1) is 8.60. The van der Waals surface area contributed by atoms with Gasteiger partial charge in [-0.15, -0.1) is 0 Å². The Morgan fingerprint density at radius 3 is 2.83 bits per heavy atom. The molecule has 1 heterocycles. The van der Waals surface area contributed by atoms with Crippen LogP contribution in [0, 0.1) is 12.7 Å². The van der Waals surface area contributed by atoms with E-state index in [0.29, 0.717) is 22.6 Å². The third-order valence-corrected chi connectivity index (χ3v) is 2.52. The standard InChI is InChI=1S/C13H13FN2O2/c1-8-5-9(3-4-11(8)14)13-15-10(7-18-2)6-12(17)16-13/h3-6H,7H2,1-2H3,(H,15,16,17). The monoisotopic (exact) mass is 248 g/mol. The van der Waals surface area contributed by atoms with Crippen molar-refractivity contribution in [2.75, 3.05) is 7.11 Å². The molecule has 0 fully saturated rings. The van der Waals surface area contributed by atoms with E-state index in [1.54, 1.807) is 19.1 Å². The average molecular weight is 248 g/mol. The number of benzene rings is 1. The highest BCUT2D eigenvalue weighted by molar-refractivity contribution is 5.56. The second-order valence-corrected chi connectivity index (χ2v) is 3.98. The molecule has 4 nitrogen and oxygen atoms in total. The van der Waals surface area contributed by atoms with Crippen LogP contribution in [0.2, 0.25) is 0 Å². The van der Waals surface area contributed by atoms with Crippen molar-refractivity contribution in [1.29, 1.82) is 0 Å². The first kappa shape index (κ1) is 12.4. The molecule has 0 radical (unpaired) electrons. The van der Waals surface area contributed by atoms with Gasteiger partial charge in [0.2, 0.25) is 0 Å². The fraction of sp³-hybridized carbons (Fsp3) is 0.231. The topological polar surface area (TPSA) is 55.0 Å². The van der Waals surface area contributed by atoms with E-state index < -0.39 is 0 Å². The molecule has 94 valence electrons. The number of hydrogen-bond acceptors (Lipinski definition) is 3. The van der Waals surface area contributed by atoms with Crippen LogP contribution >= 0.6 is 0 Å². The van der Waals surface area contributed by atoms with Crippen molar-refractivity contribution in [2.45, 2.75) is 13.5 Å². The van der Waals surface area contributed by atoms with Crippen LogP contribution < -0.4 is 5.56 Å². The molecular formula is C13H13FN2O2. The molecule has 0 saturated heterocycles. The minimum atomic E-state index is -0.283. The van der Waals surface area contributed by atoms with E-state index in [2.05, 4.69) is 9.97 Å². The minimum absolute atomic E-state index is 0.256. The summed E-state index contributed by atoms with van der Waals surface area (Å²) in [5.74, 6) is 0.131. The molecule has 0 aliphatic carbocycles. The Hall–Kier alpha value is -2.01. The van der Waals surface area contributed by atoms with Gasteiger partial charge in [-0.3, -0.25) is 4.79 Å². The summed E-state index contributed by atoms with van der Waals surface area (Å²) in [7, 11) is 1.53. The number of ether oxygens (including phenoxy) is 1. The predicted octanol–water partition coefficient (Wildman–Crippen LogP) is 2.03. The minimum Gasteiger partial charge on any atom is -0.378 e. The lowest BCUT2D eigenvalue weighted by molar-refractivity contribution is 0.181. The molecule has 0 bridgehead atoms. The Morgan fingerprint density at radius 1 is 1.39 bits per heavy atom. The Morgan fingerprint density at radius 2 is 2.17 bits per heavy atom. The lowest BCUT2D eigenvalue weighted by atomic mass is 10.1. The second-order valence-electron chi connectivity index (χ2n) is 3.98. The molecule has 0 atom stereocenters. The number of methoxy groups -OCH3 is 1. The molecule has 0 saturated carbocycles. The zero-order chi connectivity index (χ0) is 13.1. The number of rotatable bonds is 3. The third kappa shape index (κ3) is 2.62. The normalized spacial score (nSPS) is 10.6. The van der Waals surface area contributed by atoms with Crippen LogP contribution in [-0.2, 0) is 11.3 Å². The van der Waals surface area contributed by atoms with Crippen LogP contribution in [0.5, 0.6) is 0 Å². The van der Waals surface area contributed by atoms with E-state index in [1.807, 2.05) is 0 Å². The van der Waals surface area contributed by atoms with E-state index in [0.717, 1.165) is 0 Å². The van der Waals surface area contributed by atoms with Crippen molar-refractivity contribution >= 4 is 0 Å². The van der Waals surface area contributed by atoms with Crippen LogP contribution in [0.3, 0.4) is 0 Å². The van der Waals surface area contributed by atoms with Crippen LogP contribution in [0.15, 0.2) is 29.1 Å². The second kappa shape index (κ2) is 5.10. The smallest absolute Gasteiger partial charge is 0.251 e. The van der Waals surface area contributed by atoms with E-state index in [9.17, 15) is 9.18 Å². The van der Waals surface area contributed by atoms with Crippen molar-refractivity contribution < 1.29 is 9.13 Å². The molecule has 0 amide bonds. The van der Waals surface area contributed by atoms with Gasteiger partial charge in [-0.05, 0) is 30.7 Å². The summed E-state index contributed by atoms with van der Waals surface area (Å²) in [6.45, 7) is 1.92. The van der Waals surface area contributed by atoms with Crippen molar-refractivity contribution in [3.8, 4) is 11.4 Å². The Bertz CT molecular complexity index is 623. The van der Waals surface area contributed by atoms with E-state index >= 15 is 0 Å². The molecule has 1 aromatic carbocycles. The van der Waals surface area contributed by atoms with E-state index in [-0.39, 0.29) is 18.0 Å². The lowest BCUT2D eigenvalue weighted by Crippen LogP contribution is -2.11. The summed E-state index contributed by atoms with van der Waals surface area (Å²) in [5, 5.41) is 0. The van der Waals surface area contributed by atoms with Gasteiger partial charge in [-0.1, -0.05) is 0 Å². The fourth-order valence-corrected chi connectivity index (χ4v) is 1.66. The maximum absolute atomic E-state index is 13.2. The van der Waals surface area contributed by atoms with Gasteiger partial charge in [0.15, 0.2) is 0 Å². The molecule has 1 aromatic heterocycles. The maximum atomic E-state index is 13.2. The molecule has 1 N–H and O–H groups in total. The molecular weight excluding hydrogens is 235 g/mol. The largest absolute Gasteiger partial charge is 0.378 e. The number of hydrogen-bond donors (Lipinski definition) is 1. The highest BCUT2D eigenvalue weighted by Crippen LogP contribution is 2.17. The highest BCUT2D eigenvalue weighted by Gasteiger charge is 2.06. The molecule has 18 heavy (non-hydrogen) atoms. The van der Waals surface area contributed by atoms with Gasteiger partial charge >= 0.3 is 0 Å². The Balaban J connectivity index is 2.49. The van der Waals surface area contributed by atoms with Gasteiger partial charge in [-0.2, -0.15) is 0 Å². The van der Waals surface area contributed by atoms with Crippen LogP contribution in [0.1, 0.15) is 11.3 Å². The third-order valence-electron chi connectivity index (χ3n) is 2.52. The number of aryl methyl sites for hydroxylation is 1. The molecule has 2 aromatic rings. The van der Waals surface area contributed by atoms with E-state index in [1.165, 1.54) is 19.2 Å². The number of nitrogens with zero attached hydrogens (tertiary/aromatic N) is 1. The van der Waals surface area contributed by atoms with Crippen molar-refractivity contribution in [3.63, 3.8) is 0 Å². The number of nitrogens with one attached hydrogen (secondary N) is 1. The molecule has 0 aliphatic rings. The lowest BCUT2D eigenvalue weighted by Gasteiger charge is -2.05. The fourth-order valence-electron chi connectivity index (χ4n) is 1.66. The maximum Gasteiger partial charge on any atom is 0.251 e. The number of aromatic amines is 1. The summed E-state index contributed by atoms with van der Waals surface area (Å²) >= 11 is 0. The zero-order valence-electron chi connectivity index (χ0n) is 10.2. The first-order valence-electron chi connectivity index (χ1n) is 5.46. The van der Waals surface area contributed by atoms with Gasteiger partial charge in [0.1, 0.15) is 11.6 Å². The number of H-pyrrole nitrogens is 1. The first-order valence-corrected chi connectivity index (χ1v) is 5.46. The molecule has 5 heteroatoms. The Labute approximate surface area is 103 Å². The summed E-state index contributed by atoms with van der Waals surface area (Å²) in [4.78, 5) is 18.4. The number of aromatic nitrogens is 2. The summed E-state index contributed by atoms with van der Waals surface area (Å²) in [5.41, 5.74) is 1.46. The highest BCUT2D eigenvalue weighted by atomic mass is 19.1. The number of halogens is 1. The molecule has 0 spiro atoms. The van der Waals surface area contributed by atoms with Crippen molar-refractivity contribution in [3.05, 3.63) is 51.7 Å². The Kier molecular flexibility index (Phi) is 3.53. The molecule has 2 rings (SSSR count). The van der Waals surface area contributed by atoms with Crippen molar-refractivity contribution in [2.24, 2.45) is 0 Å². The van der Waals surface area contributed by atoms with E-state index in [4.69, 9.17) is 4.74 Å². The van der Waals surface area contributed by atoms with Crippen LogP contribution in [-0.4, -0.2) is 17.1 Å². The molecule has 0 unspecified atom stereocenters. The van der Waals surface area contributed by atoms with Crippen LogP contribution in [0.4, 0.5) is 4.39 Å². The predicted molar refractivity (Wildman–Crippen MR) is 65.7 cm³/mol. The zero-order valence-corrected chi connectivity index (χ0v) is 10.2. The SMILES string of the molecule is COCc1cc(=O)[nH]c(-c2ccc(F)c(C)c2)n1. The van der Waals surface area contributed by atoms with Gasteiger partial charge in [0, 0.05) is 18.7 Å². The quantitative estimate of drug-likeness (QED) is 0.904. The van der Waals surface area contributed by atoms with Gasteiger partial charge in [0.25, 0.3) is 5.56 Å².